The number of benzene rings is 2. The first-order valence-corrected chi connectivity index (χ1v) is 19.1. The number of esters is 1. The predicted octanol–water partition coefficient (Wildman–Crippen LogP) is 4.90. The molecule has 4 aliphatic rings. The van der Waals surface area contributed by atoms with Crippen molar-refractivity contribution in [2.75, 3.05) is 43.1 Å². The topological polar surface area (TPSA) is 120 Å². The summed E-state index contributed by atoms with van der Waals surface area (Å²) in [6.07, 6.45) is 6.56. The monoisotopic (exact) mass is 726 g/mol. The first-order valence-electron chi connectivity index (χ1n) is 19.1. The number of ether oxygens (including phenoxy) is 2. The first kappa shape index (κ1) is 38.3. The normalized spacial score (nSPS) is 30.2. The lowest BCUT2D eigenvalue weighted by Gasteiger charge is -2.39. The molecule has 11 heteroatoms. The number of carbonyl (C=O) groups is 4. The number of hydrogen-bond acceptors (Lipinski definition) is 8. The summed E-state index contributed by atoms with van der Waals surface area (Å²) < 4.78 is 13.3. The molecule has 8 atom stereocenters. The maximum Gasteiger partial charge on any atom is 0.313 e. The molecule has 3 amide bonds. The van der Waals surface area contributed by atoms with E-state index >= 15 is 9.59 Å². The smallest absolute Gasteiger partial charge is 0.313 e. The number of amides is 3. The Bertz CT molecular complexity index is 1710. The molecule has 0 aliphatic carbocycles. The highest BCUT2D eigenvalue weighted by Gasteiger charge is 2.72. The van der Waals surface area contributed by atoms with Crippen LogP contribution >= 0.6 is 0 Å². The van der Waals surface area contributed by atoms with Crippen molar-refractivity contribution in [3.05, 3.63) is 84.5 Å². The summed E-state index contributed by atoms with van der Waals surface area (Å²) in [4.78, 5) is 65.1. The van der Waals surface area contributed by atoms with Crippen LogP contribution in [-0.4, -0.2) is 102 Å². The Kier molecular flexibility index (Phi) is 11.4. The molecule has 0 aromatic heterocycles. The van der Waals surface area contributed by atoms with Crippen molar-refractivity contribution < 1.29 is 33.8 Å². The molecule has 4 aliphatic heterocycles. The van der Waals surface area contributed by atoms with Gasteiger partial charge in [-0.15, -0.1) is 0 Å². The molecule has 1 spiro atoms. The van der Waals surface area contributed by atoms with E-state index in [0.29, 0.717) is 24.1 Å². The van der Waals surface area contributed by atoms with Crippen LogP contribution in [0.4, 0.5) is 11.4 Å². The van der Waals surface area contributed by atoms with Crippen LogP contribution < -0.4 is 9.80 Å². The van der Waals surface area contributed by atoms with Crippen molar-refractivity contribution in [1.29, 1.82) is 0 Å². The third-order valence-electron chi connectivity index (χ3n) is 11.5. The molecule has 11 nitrogen and oxygen atoms in total. The van der Waals surface area contributed by atoms with Gasteiger partial charge in [-0.2, -0.15) is 0 Å². The van der Waals surface area contributed by atoms with E-state index in [-0.39, 0.29) is 37.3 Å². The standard InChI is InChI=1S/C42H54N4O7/c1-7-44(8-2)30-19-21-31(22-20-30)45-24-14-23-42-36(39(49)46(38(42)40(45)50)32(26-47)25-27(3)4)35-33(53-42)17-12-13-18-34(48)43(6)28(5)37(52-41(35)51)29-15-10-9-11-16-29/h9-12,14-17,19-23,27-28,32-33,35-38,47H,7-8,13,18,24-26H2,1-6H3/b17-12-/t28-,32-,33-,35+,36+,37+,38-,42+/m1/s1. The summed E-state index contributed by atoms with van der Waals surface area (Å²) in [7, 11) is 1.71. The first-order chi connectivity index (χ1) is 25.5. The number of cyclic esters (lactones) is 1. The van der Waals surface area contributed by atoms with Crippen LogP contribution in [0.25, 0.3) is 0 Å². The average molecular weight is 727 g/mol. The molecule has 284 valence electrons. The third-order valence-corrected chi connectivity index (χ3v) is 11.5. The highest BCUT2D eigenvalue weighted by molar-refractivity contribution is 6.05. The van der Waals surface area contributed by atoms with E-state index in [1.807, 2.05) is 87.5 Å². The fourth-order valence-electron chi connectivity index (χ4n) is 8.71. The lowest BCUT2D eigenvalue weighted by molar-refractivity contribution is -0.164. The zero-order valence-corrected chi connectivity index (χ0v) is 31.8. The minimum atomic E-state index is -1.52. The van der Waals surface area contributed by atoms with E-state index in [2.05, 4.69) is 18.7 Å². The van der Waals surface area contributed by atoms with Crippen LogP contribution in [0.15, 0.2) is 78.9 Å². The Hall–Kier alpha value is -4.48. The van der Waals surface area contributed by atoms with E-state index < -0.39 is 59.6 Å². The van der Waals surface area contributed by atoms with Gasteiger partial charge in [0.05, 0.1) is 30.7 Å². The maximum absolute atomic E-state index is 15.1. The number of anilines is 2. The number of carbonyl (C=O) groups excluding carboxylic acids is 4. The van der Waals surface area contributed by atoms with Gasteiger partial charge in [-0.05, 0) is 69.4 Å². The van der Waals surface area contributed by atoms with E-state index in [9.17, 15) is 14.7 Å². The lowest BCUT2D eigenvalue weighted by Crippen LogP contribution is -2.58. The second-order valence-corrected chi connectivity index (χ2v) is 15.1. The number of aliphatic hydroxyl groups is 1. The van der Waals surface area contributed by atoms with E-state index in [4.69, 9.17) is 9.47 Å². The summed E-state index contributed by atoms with van der Waals surface area (Å²) in [5, 5.41) is 10.8. The van der Waals surface area contributed by atoms with Gasteiger partial charge in [-0.1, -0.05) is 68.5 Å². The second kappa shape index (κ2) is 15.9. The molecule has 53 heavy (non-hydrogen) atoms. The molecular weight excluding hydrogens is 672 g/mol. The molecule has 2 saturated heterocycles. The summed E-state index contributed by atoms with van der Waals surface area (Å²) in [5.41, 5.74) is 0.907. The number of aliphatic hydroxyl groups excluding tert-OH is 1. The molecule has 0 radical (unpaired) electrons. The number of hydrogen-bond donors (Lipinski definition) is 1. The van der Waals surface area contributed by atoms with Crippen molar-refractivity contribution in [2.45, 2.75) is 89.8 Å². The zero-order chi connectivity index (χ0) is 38.0. The van der Waals surface area contributed by atoms with Gasteiger partial charge in [0, 0.05) is 44.5 Å². The van der Waals surface area contributed by atoms with Crippen molar-refractivity contribution in [1.82, 2.24) is 9.80 Å². The fourth-order valence-corrected chi connectivity index (χ4v) is 8.71. The summed E-state index contributed by atoms with van der Waals surface area (Å²) in [6, 6.07) is 14.8. The number of fused-ring (bicyclic) bond motifs is 2. The molecule has 2 aromatic rings. The molecule has 6 rings (SSSR count). The Morgan fingerprint density at radius 2 is 1.66 bits per heavy atom. The minimum Gasteiger partial charge on any atom is -0.455 e. The van der Waals surface area contributed by atoms with Gasteiger partial charge >= 0.3 is 5.97 Å². The Morgan fingerprint density at radius 1 is 0.962 bits per heavy atom. The van der Waals surface area contributed by atoms with E-state index in [1.165, 1.54) is 4.90 Å². The van der Waals surface area contributed by atoms with Gasteiger partial charge in [-0.25, -0.2) is 0 Å². The molecule has 2 fully saturated rings. The minimum absolute atomic E-state index is 0.0901. The van der Waals surface area contributed by atoms with Crippen LogP contribution in [0.2, 0.25) is 0 Å². The zero-order valence-electron chi connectivity index (χ0n) is 31.8. The SMILES string of the molecule is CCN(CC)c1ccc(N2CC=C[C@]34O[C@@H]5/C=C\CCC(=O)N(C)[C@H](C)[C@@H](c6ccccc6)OC(=O)[C@@H]5[C@H]3C(=O)N([C@@H](CO)CC(C)C)[C@@H]4C2=O)cc1. The van der Waals surface area contributed by atoms with Crippen molar-refractivity contribution >= 4 is 35.1 Å². The fraction of sp³-hybridized carbons (Fsp3) is 0.524. The van der Waals surface area contributed by atoms with Crippen LogP contribution in [0.5, 0.6) is 0 Å². The molecule has 0 unspecified atom stereocenters. The largest absolute Gasteiger partial charge is 0.455 e. The van der Waals surface area contributed by atoms with Crippen molar-refractivity contribution in [2.24, 2.45) is 17.8 Å². The van der Waals surface area contributed by atoms with Gasteiger partial charge in [-0.3, -0.25) is 19.2 Å². The number of likely N-dealkylation sites (tertiary alicyclic amines) is 1. The lowest BCUT2D eigenvalue weighted by atomic mass is 9.77. The number of likely N-dealkylation sites (N-methyl/N-ethyl adjacent to an activating group) is 1. The predicted molar refractivity (Wildman–Crippen MR) is 203 cm³/mol. The Morgan fingerprint density at radius 3 is 2.30 bits per heavy atom. The quantitative estimate of drug-likeness (QED) is 0.286. The molecular formula is C42H54N4O7. The molecule has 1 N–H and O–H groups in total. The summed E-state index contributed by atoms with van der Waals surface area (Å²) >= 11 is 0. The molecule has 0 bridgehead atoms. The number of nitrogens with zero attached hydrogens (tertiary/aromatic N) is 4. The van der Waals surface area contributed by atoms with Gasteiger partial charge in [0.15, 0.2) is 0 Å². The molecule has 2 aromatic carbocycles. The van der Waals surface area contributed by atoms with E-state index in [0.717, 1.165) is 18.8 Å². The van der Waals surface area contributed by atoms with Crippen LogP contribution in [0, 0.1) is 17.8 Å². The highest BCUT2D eigenvalue weighted by atomic mass is 16.6. The summed E-state index contributed by atoms with van der Waals surface area (Å²) in [5.74, 6) is -3.60. The maximum atomic E-state index is 15.1. The van der Waals surface area contributed by atoms with Gasteiger partial charge in [0.2, 0.25) is 11.8 Å². The number of rotatable bonds is 9. The van der Waals surface area contributed by atoms with Gasteiger partial charge in [0.1, 0.15) is 23.7 Å². The Balaban J connectivity index is 1.45. The van der Waals surface area contributed by atoms with Crippen molar-refractivity contribution in [3.8, 4) is 0 Å². The van der Waals surface area contributed by atoms with Crippen LogP contribution in [0.3, 0.4) is 0 Å². The van der Waals surface area contributed by atoms with Crippen LogP contribution in [-0.2, 0) is 28.7 Å². The van der Waals surface area contributed by atoms with Crippen LogP contribution in [0.1, 0.15) is 65.5 Å². The van der Waals surface area contributed by atoms with Gasteiger partial charge in [0.25, 0.3) is 5.91 Å². The third kappa shape index (κ3) is 7.01. The van der Waals surface area contributed by atoms with E-state index in [1.54, 1.807) is 29.0 Å². The second-order valence-electron chi connectivity index (χ2n) is 15.1. The summed E-state index contributed by atoms with van der Waals surface area (Å²) in [6.45, 7) is 11.6. The molecule has 4 heterocycles. The van der Waals surface area contributed by atoms with Gasteiger partial charge < -0.3 is 34.2 Å². The number of allylic oxidation sites excluding steroid dienone is 1. The van der Waals surface area contributed by atoms with Crippen molar-refractivity contribution in [3.63, 3.8) is 0 Å². The Labute approximate surface area is 313 Å². The molecule has 0 saturated carbocycles. The highest BCUT2D eigenvalue weighted by Crippen LogP contribution is 2.54. The average Bonchev–Trinajstić information content (AvgIpc) is 3.55.